The molecule has 0 aromatic heterocycles. The fourth-order valence-corrected chi connectivity index (χ4v) is 3.51. The van der Waals surface area contributed by atoms with Gasteiger partial charge < -0.3 is 0 Å². The van der Waals surface area contributed by atoms with Crippen molar-refractivity contribution in [3.05, 3.63) is 12.3 Å². The summed E-state index contributed by atoms with van der Waals surface area (Å²) >= 11 is 5.58. The minimum Gasteiger partial charge on any atom is -0.273 e. The molecule has 0 aliphatic carbocycles. The monoisotopic (exact) mass is 442 g/mol. The molecular formula is C25H47ClN2O2. The zero-order valence-corrected chi connectivity index (χ0v) is 20.5. The lowest BCUT2D eigenvalue weighted by atomic mass is 10.1. The molecule has 1 N–H and O–H groups in total. The lowest BCUT2D eigenvalue weighted by molar-refractivity contribution is -0.137. The fourth-order valence-electron chi connectivity index (χ4n) is 3.45. The van der Waals surface area contributed by atoms with Gasteiger partial charge >= 0.3 is 0 Å². The average Bonchev–Trinajstić information content (AvgIpc) is 2.75. The van der Waals surface area contributed by atoms with Crippen molar-refractivity contribution in [2.45, 2.75) is 129 Å². The van der Waals surface area contributed by atoms with Gasteiger partial charge in [0, 0.05) is 12.6 Å². The first-order chi connectivity index (χ1) is 14.7. The number of nitrogens with zero attached hydrogens (tertiary/aromatic N) is 1. The lowest BCUT2D eigenvalue weighted by Gasteiger charge is -2.19. The first kappa shape index (κ1) is 29.0. The van der Waals surface area contributed by atoms with E-state index in [9.17, 15) is 9.59 Å². The molecule has 0 atom stereocenters. The molecule has 0 spiro atoms. The van der Waals surface area contributed by atoms with Gasteiger partial charge in [-0.15, -0.1) is 11.6 Å². The largest absolute Gasteiger partial charge is 0.273 e. The van der Waals surface area contributed by atoms with Crippen molar-refractivity contribution in [2.75, 3.05) is 5.88 Å². The molecule has 0 aromatic carbocycles. The van der Waals surface area contributed by atoms with Crippen LogP contribution in [0.4, 0.5) is 0 Å². The van der Waals surface area contributed by atoms with E-state index >= 15 is 0 Å². The first-order valence-electron chi connectivity index (χ1n) is 12.5. The summed E-state index contributed by atoms with van der Waals surface area (Å²) in [6.45, 7) is 4.45. The predicted octanol–water partition coefficient (Wildman–Crippen LogP) is 7.66. The number of amides is 2. The summed E-state index contributed by atoms with van der Waals surface area (Å²) in [5.74, 6) is -0.563. The highest BCUT2D eigenvalue weighted by molar-refractivity contribution is 6.27. The summed E-state index contributed by atoms with van der Waals surface area (Å²) in [4.78, 5) is 24.1. The number of hydrazine groups is 1. The molecule has 0 aromatic rings. The highest BCUT2D eigenvalue weighted by atomic mass is 35.5. The maximum absolute atomic E-state index is 12.4. The van der Waals surface area contributed by atoms with Crippen molar-refractivity contribution >= 4 is 23.4 Å². The topological polar surface area (TPSA) is 49.4 Å². The van der Waals surface area contributed by atoms with E-state index in [1.165, 1.54) is 88.5 Å². The van der Waals surface area contributed by atoms with E-state index in [1.54, 1.807) is 6.20 Å². The maximum Gasteiger partial charge on any atom is 0.253 e. The number of alkyl halides is 1. The zero-order valence-electron chi connectivity index (χ0n) is 19.7. The molecule has 0 aliphatic rings. The summed E-state index contributed by atoms with van der Waals surface area (Å²) in [6, 6.07) is 0. The molecular weight excluding hydrogens is 396 g/mol. The van der Waals surface area contributed by atoms with E-state index in [2.05, 4.69) is 19.3 Å². The summed E-state index contributed by atoms with van der Waals surface area (Å²) in [5.41, 5.74) is 2.59. The van der Waals surface area contributed by atoms with E-state index in [-0.39, 0.29) is 17.7 Å². The number of carbonyl (C=O) groups excluding carboxylic acids is 2. The lowest BCUT2D eigenvalue weighted by Crippen LogP contribution is -2.43. The normalized spacial score (nSPS) is 11.2. The average molecular weight is 443 g/mol. The van der Waals surface area contributed by atoms with Crippen LogP contribution in [0, 0.1) is 0 Å². The summed E-state index contributed by atoms with van der Waals surface area (Å²) < 4.78 is 0. The first-order valence-corrected chi connectivity index (χ1v) is 13.0. The molecule has 0 fully saturated rings. The summed E-state index contributed by atoms with van der Waals surface area (Å²) in [7, 11) is 0. The molecule has 0 radical (unpaired) electrons. The Labute approximate surface area is 191 Å². The van der Waals surface area contributed by atoms with E-state index in [4.69, 9.17) is 11.6 Å². The Morgan fingerprint density at radius 2 is 1.20 bits per heavy atom. The van der Waals surface area contributed by atoms with Crippen molar-refractivity contribution in [1.82, 2.24) is 10.4 Å². The van der Waals surface area contributed by atoms with Crippen molar-refractivity contribution in [2.24, 2.45) is 0 Å². The minimum atomic E-state index is -0.350. The number of allylic oxidation sites excluding steroid dienone is 1. The van der Waals surface area contributed by atoms with Crippen molar-refractivity contribution < 1.29 is 9.59 Å². The second-order valence-electron chi connectivity index (χ2n) is 8.31. The van der Waals surface area contributed by atoms with Gasteiger partial charge in [-0.3, -0.25) is 15.0 Å². The molecule has 0 unspecified atom stereocenters. The van der Waals surface area contributed by atoms with Crippen LogP contribution < -0.4 is 5.43 Å². The van der Waals surface area contributed by atoms with Gasteiger partial charge in [0.05, 0.1) is 0 Å². The number of carbonyl (C=O) groups is 2. The third-order valence-corrected chi connectivity index (χ3v) is 5.60. The van der Waals surface area contributed by atoms with E-state index in [0.717, 1.165) is 25.7 Å². The van der Waals surface area contributed by atoms with Crippen LogP contribution in [-0.4, -0.2) is 22.7 Å². The smallest absolute Gasteiger partial charge is 0.253 e. The van der Waals surface area contributed by atoms with Gasteiger partial charge in [-0.25, -0.2) is 5.01 Å². The summed E-state index contributed by atoms with van der Waals surface area (Å²) in [5, 5.41) is 1.33. The third-order valence-electron chi connectivity index (χ3n) is 5.36. The molecule has 5 heteroatoms. The van der Waals surface area contributed by atoms with Crippen LogP contribution in [0.3, 0.4) is 0 Å². The zero-order chi connectivity index (χ0) is 22.3. The number of hydrogen-bond acceptors (Lipinski definition) is 2. The van der Waals surface area contributed by atoms with Gasteiger partial charge in [0.15, 0.2) is 0 Å². The van der Waals surface area contributed by atoms with Crippen LogP contribution in [0.5, 0.6) is 0 Å². The fraction of sp³-hybridized carbons (Fsp3) is 0.840. The van der Waals surface area contributed by atoms with Crippen LogP contribution in [0.2, 0.25) is 0 Å². The molecule has 0 rings (SSSR count). The molecule has 2 amide bonds. The summed E-state index contributed by atoms with van der Waals surface area (Å²) in [6.07, 6.45) is 25.0. The molecule has 30 heavy (non-hydrogen) atoms. The molecule has 4 nitrogen and oxygen atoms in total. The number of unbranched alkanes of at least 4 members (excludes halogenated alkanes) is 15. The van der Waals surface area contributed by atoms with Crippen molar-refractivity contribution in [1.29, 1.82) is 0 Å². The van der Waals surface area contributed by atoms with E-state index in [1.807, 2.05) is 6.08 Å². The Bertz CT molecular complexity index is 441. The number of hydrogen-bond donors (Lipinski definition) is 1. The standard InChI is InChI=1S/C25H47ClN2O2/c1-3-5-7-9-11-12-13-14-15-16-18-20-22-28(27-24(29)23-26)25(30)21-19-17-10-8-6-4-2/h20,22H,3-19,21,23H2,1-2H3,(H,27,29)/b22-20-. The second kappa shape index (κ2) is 22.7. The van der Waals surface area contributed by atoms with Crippen LogP contribution in [0.25, 0.3) is 0 Å². The highest BCUT2D eigenvalue weighted by Gasteiger charge is 2.12. The van der Waals surface area contributed by atoms with Crippen LogP contribution >= 0.6 is 11.6 Å². The van der Waals surface area contributed by atoms with Gasteiger partial charge in [0.1, 0.15) is 5.88 Å². The third kappa shape index (κ3) is 19.0. The Hall–Kier alpha value is -1.03. The Kier molecular flexibility index (Phi) is 21.9. The molecule has 0 aliphatic heterocycles. The van der Waals surface area contributed by atoms with Gasteiger partial charge in [0.2, 0.25) is 5.91 Å². The van der Waals surface area contributed by atoms with E-state index in [0.29, 0.717) is 6.42 Å². The van der Waals surface area contributed by atoms with Crippen LogP contribution in [0.15, 0.2) is 12.3 Å². The van der Waals surface area contributed by atoms with Crippen molar-refractivity contribution in [3.8, 4) is 0 Å². The van der Waals surface area contributed by atoms with Crippen molar-refractivity contribution in [3.63, 3.8) is 0 Å². The highest BCUT2D eigenvalue weighted by Crippen LogP contribution is 2.12. The Balaban J connectivity index is 3.98. The Morgan fingerprint density at radius 1 is 0.733 bits per heavy atom. The van der Waals surface area contributed by atoms with Gasteiger partial charge in [0.25, 0.3) is 5.91 Å². The second-order valence-corrected chi connectivity index (χ2v) is 8.57. The van der Waals surface area contributed by atoms with Gasteiger partial charge in [-0.1, -0.05) is 110 Å². The number of nitrogens with one attached hydrogen (secondary N) is 1. The molecule has 176 valence electrons. The SMILES string of the molecule is CCCCCCCCCCCC/C=C\N(NC(=O)CCl)C(=O)CCCCCCCC. The molecule has 0 bridgehead atoms. The Morgan fingerprint density at radius 3 is 1.70 bits per heavy atom. The van der Waals surface area contributed by atoms with E-state index < -0.39 is 0 Å². The quantitative estimate of drug-likeness (QED) is 0.119. The van der Waals surface area contributed by atoms with Crippen LogP contribution in [0.1, 0.15) is 129 Å². The molecule has 0 saturated carbocycles. The predicted molar refractivity (Wildman–Crippen MR) is 129 cm³/mol. The molecule has 0 heterocycles. The maximum atomic E-state index is 12.4. The number of halogens is 1. The molecule has 0 saturated heterocycles. The van der Waals surface area contributed by atoms with Gasteiger partial charge in [-0.2, -0.15) is 0 Å². The number of rotatable bonds is 20. The van der Waals surface area contributed by atoms with Crippen LogP contribution in [-0.2, 0) is 9.59 Å². The minimum absolute atomic E-state index is 0.0664. The van der Waals surface area contributed by atoms with Gasteiger partial charge in [-0.05, 0) is 19.3 Å².